The van der Waals surface area contributed by atoms with E-state index in [1.807, 2.05) is 22.9 Å². The molecule has 0 spiro atoms. The molecule has 0 bridgehead atoms. The predicted octanol–water partition coefficient (Wildman–Crippen LogP) is 3.60. The molecule has 2 N–H and O–H groups in total. The van der Waals surface area contributed by atoms with E-state index in [4.69, 9.17) is 26.8 Å². The Kier molecular flexibility index (Phi) is 5.15. The Morgan fingerprint density at radius 1 is 1.39 bits per heavy atom. The van der Waals surface area contributed by atoms with Crippen LogP contribution in [0.4, 0.5) is 5.69 Å². The lowest BCUT2D eigenvalue weighted by Gasteiger charge is -2.23. The first kappa shape index (κ1) is 18.6. The van der Waals surface area contributed by atoms with Gasteiger partial charge in [0, 0.05) is 17.6 Å². The maximum Gasteiger partial charge on any atom is 0.359 e. The van der Waals surface area contributed by atoms with Crippen molar-refractivity contribution in [1.82, 2.24) is 19.7 Å². The summed E-state index contributed by atoms with van der Waals surface area (Å²) in [5.74, 6) is -0.635. The lowest BCUT2D eigenvalue weighted by Crippen LogP contribution is -2.18. The zero-order valence-corrected chi connectivity index (χ0v) is 16.1. The van der Waals surface area contributed by atoms with Crippen molar-refractivity contribution in [3.05, 3.63) is 35.4 Å². The summed E-state index contributed by atoms with van der Waals surface area (Å²) in [4.78, 5) is 20.4. The van der Waals surface area contributed by atoms with Crippen molar-refractivity contribution in [1.29, 1.82) is 0 Å². The summed E-state index contributed by atoms with van der Waals surface area (Å²) in [6, 6.07) is 5.72. The van der Waals surface area contributed by atoms with E-state index in [1.54, 1.807) is 13.1 Å². The normalized spacial score (nSPS) is 17.0. The monoisotopic (exact) mass is 401 g/mol. The first-order valence-electron chi connectivity index (χ1n) is 9.18. The third-order valence-electron chi connectivity index (χ3n) is 4.71. The standard InChI is InChI=1S/C19H20ClN5O3/c1-2-27-18(26)17-15(21)16(23-19(20)24-17)11-6-5-7-13-12(11)10-22-25(13)14-8-3-4-9-28-14/h5-7,10,14H,2-4,8-9,21H2,1H3. The van der Waals surface area contributed by atoms with Crippen LogP contribution in [0.25, 0.3) is 22.2 Å². The van der Waals surface area contributed by atoms with E-state index in [1.165, 1.54) is 0 Å². The molecule has 1 atom stereocenters. The summed E-state index contributed by atoms with van der Waals surface area (Å²) >= 11 is 6.07. The Bertz CT molecular complexity index is 1030. The van der Waals surface area contributed by atoms with Crippen LogP contribution < -0.4 is 5.73 Å². The third-order valence-corrected chi connectivity index (χ3v) is 4.88. The van der Waals surface area contributed by atoms with Gasteiger partial charge in [-0.3, -0.25) is 0 Å². The second-order valence-electron chi connectivity index (χ2n) is 6.47. The number of nitrogens with two attached hydrogens (primary N) is 1. The van der Waals surface area contributed by atoms with Crippen LogP contribution in [0.1, 0.15) is 42.9 Å². The summed E-state index contributed by atoms with van der Waals surface area (Å²) in [6.07, 6.45) is 4.73. The van der Waals surface area contributed by atoms with Crippen LogP contribution in [0, 0.1) is 0 Å². The number of aromatic nitrogens is 4. The minimum absolute atomic E-state index is 0.0446. The molecule has 0 saturated carbocycles. The summed E-state index contributed by atoms with van der Waals surface area (Å²) in [5.41, 5.74) is 8.28. The number of benzene rings is 1. The Morgan fingerprint density at radius 3 is 3.00 bits per heavy atom. The van der Waals surface area contributed by atoms with Crippen LogP contribution in [-0.4, -0.2) is 38.9 Å². The molecular weight excluding hydrogens is 382 g/mol. The van der Waals surface area contributed by atoms with E-state index in [-0.39, 0.29) is 29.5 Å². The van der Waals surface area contributed by atoms with Crippen molar-refractivity contribution >= 4 is 34.2 Å². The Morgan fingerprint density at radius 2 is 2.25 bits per heavy atom. The van der Waals surface area contributed by atoms with E-state index >= 15 is 0 Å². The van der Waals surface area contributed by atoms with Gasteiger partial charge in [0.25, 0.3) is 0 Å². The highest BCUT2D eigenvalue weighted by molar-refractivity contribution is 6.28. The highest BCUT2D eigenvalue weighted by atomic mass is 35.5. The number of ether oxygens (including phenoxy) is 2. The fraction of sp³-hybridized carbons (Fsp3) is 0.368. The van der Waals surface area contributed by atoms with Gasteiger partial charge < -0.3 is 15.2 Å². The maximum absolute atomic E-state index is 12.2. The molecule has 8 nitrogen and oxygen atoms in total. The largest absolute Gasteiger partial charge is 0.461 e. The van der Waals surface area contributed by atoms with Gasteiger partial charge in [0.1, 0.15) is 0 Å². The Labute approximate surface area is 166 Å². The number of anilines is 1. The molecule has 4 rings (SSSR count). The van der Waals surface area contributed by atoms with E-state index < -0.39 is 5.97 Å². The van der Waals surface area contributed by atoms with Crippen LogP contribution in [0.15, 0.2) is 24.4 Å². The van der Waals surface area contributed by atoms with Gasteiger partial charge in [-0.2, -0.15) is 5.10 Å². The highest BCUT2D eigenvalue weighted by Crippen LogP contribution is 2.35. The first-order valence-corrected chi connectivity index (χ1v) is 9.56. The smallest absolute Gasteiger partial charge is 0.359 e. The van der Waals surface area contributed by atoms with Gasteiger partial charge in [0.05, 0.1) is 29.7 Å². The van der Waals surface area contributed by atoms with Crippen molar-refractivity contribution in [2.75, 3.05) is 18.9 Å². The molecule has 1 aliphatic heterocycles. The SMILES string of the molecule is CCOC(=O)c1nc(Cl)nc(-c2cccc3c2cnn3C2CCCCO2)c1N. The average molecular weight is 402 g/mol. The molecule has 146 valence electrons. The molecule has 0 amide bonds. The second kappa shape index (κ2) is 7.73. The number of hydrogen-bond donors (Lipinski definition) is 1. The van der Waals surface area contributed by atoms with Gasteiger partial charge >= 0.3 is 5.97 Å². The van der Waals surface area contributed by atoms with Gasteiger partial charge in [0.15, 0.2) is 11.9 Å². The van der Waals surface area contributed by atoms with E-state index in [0.717, 1.165) is 36.8 Å². The van der Waals surface area contributed by atoms with Crippen LogP contribution in [0.5, 0.6) is 0 Å². The van der Waals surface area contributed by atoms with Gasteiger partial charge in [-0.25, -0.2) is 19.4 Å². The minimum Gasteiger partial charge on any atom is -0.461 e. The molecule has 9 heteroatoms. The topological polar surface area (TPSA) is 105 Å². The number of nitrogen functional groups attached to an aromatic ring is 1. The summed E-state index contributed by atoms with van der Waals surface area (Å²) in [5, 5.41) is 5.29. The fourth-order valence-electron chi connectivity index (χ4n) is 3.43. The Hall–Kier alpha value is -2.71. The van der Waals surface area contributed by atoms with Crippen molar-refractivity contribution in [2.24, 2.45) is 0 Å². The van der Waals surface area contributed by atoms with Gasteiger partial charge in [-0.1, -0.05) is 12.1 Å². The number of hydrogen-bond acceptors (Lipinski definition) is 7. The lowest BCUT2D eigenvalue weighted by molar-refractivity contribution is -0.0366. The van der Waals surface area contributed by atoms with Crippen LogP contribution >= 0.6 is 11.6 Å². The molecular formula is C19H20ClN5O3. The molecule has 3 aromatic rings. The summed E-state index contributed by atoms with van der Waals surface area (Å²) < 4.78 is 12.8. The van der Waals surface area contributed by atoms with Crippen molar-refractivity contribution in [2.45, 2.75) is 32.4 Å². The zero-order valence-electron chi connectivity index (χ0n) is 15.4. The molecule has 1 saturated heterocycles. The second-order valence-corrected chi connectivity index (χ2v) is 6.81. The maximum atomic E-state index is 12.2. The van der Waals surface area contributed by atoms with Gasteiger partial charge in [-0.05, 0) is 43.9 Å². The van der Waals surface area contributed by atoms with Crippen LogP contribution in [0.3, 0.4) is 0 Å². The Balaban J connectivity index is 1.84. The molecule has 0 aliphatic carbocycles. The quantitative estimate of drug-likeness (QED) is 0.525. The summed E-state index contributed by atoms with van der Waals surface area (Å²) in [7, 11) is 0. The fourth-order valence-corrected chi connectivity index (χ4v) is 3.59. The number of fused-ring (bicyclic) bond motifs is 1. The molecule has 1 fully saturated rings. The molecule has 1 unspecified atom stereocenters. The number of carbonyl (C=O) groups is 1. The molecule has 1 aliphatic rings. The third kappa shape index (κ3) is 3.29. The zero-order chi connectivity index (χ0) is 19.7. The first-order chi connectivity index (χ1) is 13.6. The molecule has 28 heavy (non-hydrogen) atoms. The number of carbonyl (C=O) groups excluding carboxylic acids is 1. The highest BCUT2D eigenvalue weighted by Gasteiger charge is 2.23. The number of rotatable bonds is 4. The summed E-state index contributed by atoms with van der Waals surface area (Å²) in [6.45, 7) is 2.64. The lowest BCUT2D eigenvalue weighted by atomic mass is 10.0. The van der Waals surface area contributed by atoms with Crippen molar-refractivity contribution in [3.63, 3.8) is 0 Å². The molecule has 0 radical (unpaired) electrons. The van der Waals surface area contributed by atoms with Crippen LogP contribution in [0.2, 0.25) is 5.28 Å². The minimum atomic E-state index is -0.635. The number of halogens is 1. The van der Waals surface area contributed by atoms with Crippen LogP contribution in [-0.2, 0) is 9.47 Å². The van der Waals surface area contributed by atoms with E-state index in [2.05, 4.69) is 15.1 Å². The molecule has 3 heterocycles. The predicted molar refractivity (Wildman–Crippen MR) is 105 cm³/mol. The van der Waals surface area contributed by atoms with Gasteiger partial charge in [-0.15, -0.1) is 0 Å². The van der Waals surface area contributed by atoms with Crippen molar-refractivity contribution < 1.29 is 14.3 Å². The number of nitrogens with zero attached hydrogens (tertiary/aromatic N) is 4. The van der Waals surface area contributed by atoms with Gasteiger partial charge in [0.2, 0.25) is 5.28 Å². The van der Waals surface area contributed by atoms with Crippen molar-refractivity contribution in [3.8, 4) is 11.3 Å². The molecule has 2 aromatic heterocycles. The number of esters is 1. The van der Waals surface area contributed by atoms with E-state index in [9.17, 15) is 4.79 Å². The van der Waals surface area contributed by atoms with E-state index in [0.29, 0.717) is 11.3 Å². The molecule has 1 aromatic carbocycles. The average Bonchev–Trinajstić information content (AvgIpc) is 3.14.